The number of rotatable bonds is 4. The summed E-state index contributed by atoms with van der Waals surface area (Å²) < 4.78 is 57.9. The number of alkyl halides is 3. The van der Waals surface area contributed by atoms with E-state index in [-0.39, 0.29) is 23.4 Å². The molecule has 0 spiro atoms. The summed E-state index contributed by atoms with van der Waals surface area (Å²) in [5, 5.41) is 2.50. The van der Waals surface area contributed by atoms with Crippen molar-refractivity contribution in [1.29, 1.82) is 0 Å². The molecular formula is C26H29F4NO2. The monoisotopic (exact) mass is 463 g/mol. The first-order valence-corrected chi connectivity index (χ1v) is 11.7. The molecule has 3 nitrogen and oxygen atoms in total. The largest absolute Gasteiger partial charge is 0.416 e. The number of anilines is 1. The molecule has 4 rings (SSSR count). The maximum Gasteiger partial charge on any atom is 0.416 e. The Bertz CT molecular complexity index is 950. The molecule has 0 aromatic heterocycles. The molecule has 1 saturated heterocycles. The van der Waals surface area contributed by atoms with Crippen LogP contribution < -0.4 is 5.32 Å². The Morgan fingerprint density at radius 2 is 1.58 bits per heavy atom. The van der Waals surface area contributed by atoms with Gasteiger partial charge in [0.2, 0.25) is 5.91 Å². The lowest BCUT2D eigenvalue weighted by atomic mass is 9.77. The maximum absolute atomic E-state index is 14.1. The molecule has 7 heteroatoms. The van der Waals surface area contributed by atoms with Crippen molar-refractivity contribution in [3.8, 4) is 0 Å². The number of carbonyl (C=O) groups excluding carboxylic acids is 1. The van der Waals surface area contributed by atoms with Gasteiger partial charge in [0, 0.05) is 19.1 Å². The molecule has 3 atom stereocenters. The van der Waals surface area contributed by atoms with E-state index >= 15 is 0 Å². The summed E-state index contributed by atoms with van der Waals surface area (Å²) in [5.74, 6) is -0.967. The number of ether oxygens (including phenoxy) is 1. The Kier molecular flexibility index (Phi) is 7.37. The Morgan fingerprint density at radius 3 is 2.27 bits per heavy atom. The van der Waals surface area contributed by atoms with E-state index in [0.717, 1.165) is 57.5 Å². The molecule has 2 aromatic carbocycles. The van der Waals surface area contributed by atoms with Crippen LogP contribution in [-0.2, 0) is 15.7 Å². The molecule has 1 saturated carbocycles. The molecule has 178 valence electrons. The van der Waals surface area contributed by atoms with E-state index in [0.29, 0.717) is 24.8 Å². The number of amides is 1. The molecule has 2 fully saturated rings. The number of carbonyl (C=O) groups is 1. The zero-order valence-corrected chi connectivity index (χ0v) is 18.5. The van der Waals surface area contributed by atoms with Crippen molar-refractivity contribution in [3.63, 3.8) is 0 Å². The van der Waals surface area contributed by atoms with Crippen molar-refractivity contribution < 1.29 is 27.1 Å². The molecule has 1 aliphatic carbocycles. The van der Waals surface area contributed by atoms with Crippen LogP contribution in [0.15, 0.2) is 42.5 Å². The minimum absolute atomic E-state index is 0.216. The fourth-order valence-corrected chi connectivity index (χ4v) is 5.04. The summed E-state index contributed by atoms with van der Waals surface area (Å²) in [5.41, 5.74) is 1.23. The van der Waals surface area contributed by atoms with Crippen LogP contribution in [-0.4, -0.2) is 19.1 Å². The lowest BCUT2D eigenvalue weighted by Crippen LogP contribution is -2.28. The molecule has 2 aliphatic rings. The molecule has 3 unspecified atom stereocenters. The van der Waals surface area contributed by atoms with Gasteiger partial charge in [0.15, 0.2) is 0 Å². The summed E-state index contributed by atoms with van der Waals surface area (Å²) in [7, 11) is 0. The fourth-order valence-electron chi connectivity index (χ4n) is 5.04. The lowest BCUT2D eigenvalue weighted by Gasteiger charge is -2.29. The van der Waals surface area contributed by atoms with E-state index < -0.39 is 17.6 Å². The Hall–Kier alpha value is -2.41. The van der Waals surface area contributed by atoms with E-state index in [2.05, 4.69) is 29.6 Å². The van der Waals surface area contributed by atoms with E-state index in [1.165, 1.54) is 11.1 Å². The highest BCUT2D eigenvalue weighted by atomic mass is 19.4. The second-order valence-corrected chi connectivity index (χ2v) is 9.15. The summed E-state index contributed by atoms with van der Waals surface area (Å²) in [6, 6.07) is 10.9. The van der Waals surface area contributed by atoms with Gasteiger partial charge in [0.25, 0.3) is 0 Å². The summed E-state index contributed by atoms with van der Waals surface area (Å²) >= 11 is 0. The highest BCUT2D eigenvalue weighted by molar-refractivity contribution is 5.92. The van der Waals surface area contributed by atoms with Crippen molar-refractivity contribution in [2.75, 3.05) is 18.5 Å². The van der Waals surface area contributed by atoms with Crippen molar-refractivity contribution in [3.05, 3.63) is 65.0 Å². The average molecular weight is 464 g/mol. The van der Waals surface area contributed by atoms with Gasteiger partial charge in [0.05, 0.1) is 11.3 Å². The smallest absolute Gasteiger partial charge is 0.381 e. The van der Waals surface area contributed by atoms with E-state index in [9.17, 15) is 22.4 Å². The van der Waals surface area contributed by atoms with Gasteiger partial charge in [-0.15, -0.1) is 0 Å². The quantitative estimate of drug-likeness (QED) is 0.494. The van der Waals surface area contributed by atoms with Gasteiger partial charge in [-0.05, 0) is 79.7 Å². The van der Waals surface area contributed by atoms with Crippen LogP contribution in [0.25, 0.3) is 0 Å². The number of benzene rings is 2. The summed E-state index contributed by atoms with van der Waals surface area (Å²) in [4.78, 5) is 12.8. The predicted molar refractivity (Wildman–Crippen MR) is 119 cm³/mol. The number of nitrogens with one attached hydrogen (secondary N) is 1. The van der Waals surface area contributed by atoms with Crippen LogP contribution in [0.4, 0.5) is 23.2 Å². The first kappa shape index (κ1) is 23.7. The highest BCUT2D eigenvalue weighted by Crippen LogP contribution is 2.38. The molecule has 2 aromatic rings. The second kappa shape index (κ2) is 10.2. The third kappa shape index (κ3) is 5.94. The van der Waals surface area contributed by atoms with Crippen LogP contribution in [0.5, 0.6) is 0 Å². The first-order chi connectivity index (χ1) is 15.8. The molecule has 1 aliphatic heterocycles. The SMILES string of the molecule is O=C(Nc1ccc(C(F)(F)F)cc1F)C1CCCC(c2ccc(C3CCCOCC3)cc2)C1. The summed E-state index contributed by atoms with van der Waals surface area (Å²) in [6.07, 6.45) is 1.80. The van der Waals surface area contributed by atoms with E-state index in [4.69, 9.17) is 4.74 Å². The fraction of sp³-hybridized carbons (Fsp3) is 0.500. The zero-order chi connectivity index (χ0) is 23.4. The average Bonchev–Trinajstić information content (AvgIpc) is 3.09. The van der Waals surface area contributed by atoms with Crippen molar-refractivity contribution >= 4 is 11.6 Å². The maximum atomic E-state index is 14.1. The predicted octanol–water partition coefficient (Wildman–Crippen LogP) is 7.04. The van der Waals surface area contributed by atoms with Crippen LogP contribution in [0.1, 0.15) is 73.5 Å². The molecule has 33 heavy (non-hydrogen) atoms. The van der Waals surface area contributed by atoms with Gasteiger partial charge < -0.3 is 10.1 Å². The van der Waals surface area contributed by atoms with Crippen molar-refractivity contribution in [2.45, 2.75) is 63.0 Å². The van der Waals surface area contributed by atoms with E-state index in [1.807, 2.05) is 0 Å². The van der Waals surface area contributed by atoms with Gasteiger partial charge in [-0.25, -0.2) is 4.39 Å². The van der Waals surface area contributed by atoms with Gasteiger partial charge in [-0.1, -0.05) is 30.7 Å². The number of halogens is 4. The van der Waals surface area contributed by atoms with Crippen LogP contribution >= 0.6 is 0 Å². The van der Waals surface area contributed by atoms with Gasteiger partial charge in [-0.2, -0.15) is 13.2 Å². The summed E-state index contributed by atoms with van der Waals surface area (Å²) in [6.45, 7) is 1.63. The Morgan fingerprint density at radius 1 is 0.879 bits per heavy atom. The standard InChI is InChI=1S/C26H29F4NO2/c27-23-16-22(26(28,29)30)10-11-24(23)31-25(32)21-4-1-3-20(15-21)19-8-6-18(7-9-19)17-5-2-13-33-14-12-17/h6-11,16-17,20-21H,1-5,12-15H2,(H,31,32). The zero-order valence-electron chi connectivity index (χ0n) is 18.5. The molecular weight excluding hydrogens is 434 g/mol. The van der Waals surface area contributed by atoms with Crippen LogP contribution in [0.2, 0.25) is 0 Å². The van der Waals surface area contributed by atoms with Crippen molar-refractivity contribution in [2.24, 2.45) is 5.92 Å². The Balaban J connectivity index is 1.38. The minimum atomic E-state index is -4.63. The minimum Gasteiger partial charge on any atom is -0.381 e. The van der Waals surface area contributed by atoms with Gasteiger partial charge in [-0.3, -0.25) is 4.79 Å². The Labute approximate surface area is 191 Å². The normalized spacial score (nSPS) is 24.2. The molecule has 0 bridgehead atoms. The topological polar surface area (TPSA) is 38.3 Å². The third-order valence-corrected chi connectivity index (χ3v) is 6.93. The van der Waals surface area contributed by atoms with E-state index in [1.54, 1.807) is 0 Å². The second-order valence-electron chi connectivity index (χ2n) is 9.15. The van der Waals surface area contributed by atoms with Gasteiger partial charge >= 0.3 is 6.18 Å². The first-order valence-electron chi connectivity index (χ1n) is 11.7. The molecule has 1 N–H and O–H groups in total. The molecule has 0 radical (unpaired) electrons. The van der Waals surface area contributed by atoms with Crippen LogP contribution in [0, 0.1) is 11.7 Å². The number of hydrogen-bond acceptors (Lipinski definition) is 2. The number of hydrogen-bond donors (Lipinski definition) is 1. The highest BCUT2D eigenvalue weighted by Gasteiger charge is 2.32. The molecule has 1 amide bonds. The van der Waals surface area contributed by atoms with Crippen LogP contribution in [0.3, 0.4) is 0 Å². The third-order valence-electron chi connectivity index (χ3n) is 6.93. The van der Waals surface area contributed by atoms with Crippen molar-refractivity contribution in [1.82, 2.24) is 0 Å². The lowest BCUT2D eigenvalue weighted by molar-refractivity contribution is -0.137. The molecule has 1 heterocycles. The van der Waals surface area contributed by atoms with Gasteiger partial charge in [0.1, 0.15) is 5.82 Å².